The number of carbonyl (C=O) groups is 1. The number of Topliss-reactive ketones (excluding diaryl/α,β-unsaturated/α-hetero) is 1. The van der Waals surface area contributed by atoms with Crippen molar-refractivity contribution in [3.8, 4) is 0 Å². The van der Waals surface area contributed by atoms with E-state index in [-0.39, 0.29) is 12.4 Å². The third-order valence-electron chi connectivity index (χ3n) is 2.32. The molecular weight excluding hydrogens is 218 g/mol. The molecule has 1 rings (SSSR count). The van der Waals surface area contributed by atoms with Crippen molar-refractivity contribution >= 4 is 11.5 Å². The van der Waals surface area contributed by atoms with Gasteiger partial charge in [0.15, 0.2) is 5.78 Å². The summed E-state index contributed by atoms with van der Waals surface area (Å²) in [7, 11) is 0. The van der Waals surface area contributed by atoms with Gasteiger partial charge < -0.3 is 15.2 Å². The third kappa shape index (κ3) is 5.47. The fourth-order valence-electron chi connectivity index (χ4n) is 1.40. The normalized spacial score (nSPS) is 10.2. The monoisotopic (exact) mass is 237 g/mol. The van der Waals surface area contributed by atoms with Gasteiger partial charge in [-0.15, -0.1) is 0 Å². The molecule has 94 valence electrons. The highest BCUT2D eigenvalue weighted by Crippen LogP contribution is 2.09. The van der Waals surface area contributed by atoms with E-state index in [1.807, 2.05) is 24.3 Å². The molecule has 0 atom stereocenters. The van der Waals surface area contributed by atoms with Crippen LogP contribution in [0.4, 0.5) is 5.69 Å². The summed E-state index contributed by atoms with van der Waals surface area (Å²) in [5.74, 6) is 0.0777. The average Bonchev–Trinajstić information content (AvgIpc) is 2.34. The molecule has 0 saturated heterocycles. The van der Waals surface area contributed by atoms with E-state index in [0.717, 1.165) is 24.2 Å². The molecule has 0 heterocycles. The minimum atomic E-state index is 0.0694. The Morgan fingerprint density at radius 3 is 2.59 bits per heavy atom. The van der Waals surface area contributed by atoms with Crippen molar-refractivity contribution < 1.29 is 14.6 Å². The van der Waals surface area contributed by atoms with Crippen LogP contribution in [0.3, 0.4) is 0 Å². The van der Waals surface area contributed by atoms with Crippen LogP contribution in [0, 0.1) is 0 Å². The first-order valence-corrected chi connectivity index (χ1v) is 5.77. The highest BCUT2D eigenvalue weighted by molar-refractivity contribution is 5.94. The minimum absolute atomic E-state index is 0.0694. The number of aliphatic hydroxyl groups is 1. The van der Waals surface area contributed by atoms with Gasteiger partial charge in [-0.3, -0.25) is 4.79 Å². The number of hydrogen-bond donors (Lipinski definition) is 2. The Balaban J connectivity index is 2.21. The van der Waals surface area contributed by atoms with Crippen molar-refractivity contribution in [3.05, 3.63) is 29.8 Å². The quantitative estimate of drug-likeness (QED) is 0.533. The van der Waals surface area contributed by atoms with Crippen LogP contribution in [0.25, 0.3) is 0 Å². The summed E-state index contributed by atoms with van der Waals surface area (Å²) in [6.45, 7) is 3.47. The second-order valence-corrected chi connectivity index (χ2v) is 3.75. The molecule has 0 aromatic heterocycles. The average molecular weight is 237 g/mol. The highest BCUT2D eigenvalue weighted by atomic mass is 16.5. The lowest BCUT2D eigenvalue weighted by Crippen LogP contribution is -2.07. The SMILES string of the molecule is CC(=O)c1ccc(NCCCOCCO)cc1. The van der Waals surface area contributed by atoms with Gasteiger partial charge in [-0.2, -0.15) is 0 Å². The number of rotatable bonds is 8. The number of carbonyl (C=O) groups excluding carboxylic acids is 1. The van der Waals surface area contributed by atoms with Gasteiger partial charge in [0.2, 0.25) is 0 Å². The van der Waals surface area contributed by atoms with Crippen molar-refractivity contribution in [2.24, 2.45) is 0 Å². The van der Waals surface area contributed by atoms with Crippen LogP contribution < -0.4 is 5.32 Å². The number of hydrogen-bond acceptors (Lipinski definition) is 4. The molecule has 4 nitrogen and oxygen atoms in total. The van der Waals surface area contributed by atoms with E-state index >= 15 is 0 Å². The molecule has 1 aromatic rings. The molecule has 17 heavy (non-hydrogen) atoms. The van der Waals surface area contributed by atoms with Gasteiger partial charge in [0, 0.05) is 24.4 Å². The molecule has 2 N–H and O–H groups in total. The minimum Gasteiger partial charge on any atom is -0.394 e. The fraction of sp³-hybridized carbons (Fsp3) is 0.462. The Morgan fingerprint density at radius 1 is 1.29 bits per heavy atom. The van der Waals surface area contributed by atoms with Crippen LogP contribution in [0.15, 0.2) is 24.3 Å². The second kappa shape index (κ2) is 7.81. The molecule has 0 saturated carbocycles. The first kappa shape index (κ1) is 13.7. The van der Waals surface area contributed by atoms with Gasteiger partial charge in [-0.05, 0) is 37.6 Å². The van der Waals surface area contributed by atoms with E-state index in [1.54, 1.807) is 6.92 Å². The Hall–Kier alpha value is -1.39. The van der Waals surface area contributed by atoms with Crippen LogP contribution in [0.1, 0.15) is 23.7 Å². The summed E-state index contributed by atoms with van der Waals surface area (Å²) >= 11 is 0. The molecule has 0 aliphatic heterocycles. The lowest BCUT2D eigenvalue weighted by molar-refractivity contribution is 0.0922. The lowest BCUT2D eigenvalue weighted by Gasteiger charge is -2.07. The van der Waals surface area contributed by atoms with E-state index in [2.05, 4.69) is 5.32 Å². The van der Waals surface area contributed by atoms with Crippen LogP contribution >= 0.6 is 0 Å². The Labute approximate surface area is 102 Å². The molecule has 0 fully saturated rings. The van der Waals surface area contributed by atoms with Crippen molar-refractivity contribution in [1.29, 1.82) is 0 Å². The maximum atomic E-state index is 11.1. The second-order valence-electron chi connectivity index (χ2n) is 3.75. The molecule has 0 radical (unpaired) electrons. The summed E-state index contributed by atoms with van der Waals surface area (Å²) in [5, 5.41) is 11.7. The van der Waals surface area contributed by atoms with Gasteiger partial charge in [-0.25, -0.2) is 0 Å². The van der Waals surface area contributed by atoms with E-state index in [0.29, 0.717) is 13.2 Å². The number of ketones is 1. The van der Waals surface area contributed by atoms with Crippen LogP contribution in [-0.4, -0.2) is 37.3 Å². The van der Waals surface area contributed by atoms with Gasteiger partial charge in [0.25, 0.3) is 0 Å². The maximum Gasteiger partial charge on any atom is 0.159 e. The highest BCUT2D eigenvalue weighted by Gasteiger charge is 1.98. The van der Waals surface area contributed by atoms with Crippen LogP contribution in [0.2, 0.25) is 0 Å². The van der Waals surface area contributed by atoms with Gasteiger partial charge in [0.1, 0.15) is 0 Å². The zero-order chi connectivity index (χ0) is 12.5. The predicted molar refractivity (Wildman–Crippen MR) is 67.5 cm³/mol. The number of benzene rings is 1. The Bertz CT molecular complexity index is 335. The molecule has 1 aromatic carbocycles. The van der Waals surface area contributed by atoms with Crippen molar-refractivity contribution in [2.75, 3.05) is 31.7 Å². The summed E-state index contributed by atoms with van der Waals surface area (Å²) in [5.41, 5.74) is 1.72. The summed E-state index contributed by atoms with van der Waals surface area (Å²) in [6.07, 6.45) is 0.883. The molecule has 0 bridgehead atoms. The number of ether oxygens (including phenoxy) is 1. The third-order valence-corrected chi connectivity index (χ3v) is 2.32. The van der Waals surface area contributed by atoms with Gasteiger partial charge in [-0.1, -0.05) is 0 Å². The summed E-state index contributed by atoms with van der Waals surface area (Å²) < 4.78 is 5.14. The molecule has 0 spiro atoms. The van der Waals surface area contributed by atoms with Crippen molar-refractivity contribution in [3.63, 3.8) is 0 Å². The summed E-state index contributed by atoms with van der Waals surface area (Å²) in [4.78, 5) is 11.1. The lowest BCUT2D eigenvalue weighted by atomic mass is 10.1. The van der Waals surface area contributed by atoms with Crippen molar-refractivity contribution in [1.82, 2.24) is 0 Å². The van der Waals surface area contributed by atoms with E-state index in [4.69, 9.17) is 9.84 Å². The Morgan fingerprint density at radius 2 is 2.00 bits per heavy atom. The zero-order valence-electron chi connectivity index (χ0n) is 10.1. The van der Waals surface area contributed by atoms with E-state index in [1.165, 1.54) is 0 Å². The predicted octanol–water partition coefficient (Wildman–Crippen LogP) is 1.70. The standard InChI is InChI=1S/C13H19NO3/c1-11(16)12-3-5-13(6-4-12)14-7-2-9-17-10-8-15/h3-6,14-15H,2,7-10H2,1H3. The van der Waals surface area contributed by atoms with Crippen LogP contribution in [0.5, 0.6) is 0 Å². The molecule has 0 aliphatic carbocycles. The molecular formula is C13H19NO3. The molecule has 0 aliphatic rings. The number of anilines is 1. The zero-order valence-corrected chi connectivity index (χ0v) is 10.1. The molecule has 0 amide bonds. The fourth-order valence-corrected chi connectivity index (χ4v) is 1.40. The van der Waals surface area contributed by atoms with E-state index in [9.17, 15) is 4.79 Å². The number of aliphatic hydroxyl groups excluding tert-OH is 1. The summed E-state index contributed by atoms with van der Waals surface area (Å²) in [6, 6.07) is 7.41. The topological polar surface area (TPSA) is 58.6 Å². The number of nitrogens with one attached hydrogen (secondary N) is 1. The largest absolute Gasteiger partial charge is 0.394 e. The van der Waals surface area contributed by atoms with Gasteiger partial charge in [0.05, 0.1) is 13.2 Å². The van der Waals surface area contributed by atoms with E-state index < -0.39 is 0 Å². The smallest absolute Gasteiger partial charge is 0.159 e. The maximum absolute atomic E-state index is 11.1. The Kier molecular flexibility index (Phi) is 6.29. The van der Waals surface area contributed by atoms with Gasteiger partial charge >= 0.3 is 0 Å². The van der Waals surface area contributed by atoms with Crippen molar-refractivity contribution in [2.45, 2.75) is 13.3 Å². The first-order chi connectivity index (χ1) is 8.24. The molecule has 4 heteroatoms. The van der Waals surface area contributed by atoms with Crippen LogP contribution in [-0.2, 0) is 4.74 Å². The molecule has 0 unspecified atom stereocenters. The first-order valence-electron chi connectivity index (χ1n) is 5.77.